The summed E-state index contributed by atoms with van der Waals surface area (Å²) in [5, 5.41) is 3.45. The molecule has 1 aromatic heterocycles. The van der Waals surface area contributed by atoms with Gasteiger partial charge in [-0.2, -0.15) is 0 Å². The van der Waals surface area contributed by atoms with Crippen molar-refractivity contribution in [1.29, 1.82) is 0 Å². The molecular formula is C22H35IN6O3. The smallest absolute Gasteiger partial charge is 0.410 e. The maximum atomic E-state index is 12.4. The van der Waals surface area contributed by atoms with Gasteiger partial charge in [0.1, 0.15) is 11.4 Å². The number of carbonyl (C=O) groups is 1. The second-order valence-electron chi connectivity index (χ2n) is 9.44. The third-order valence-corrected chi connectivity index (χ3v) is 5.68. The zero-order valence-corrected chi connectivity index (χ0v) is 21.7. The topological polar surface area (TPSA) is 82.5 Å². The molecule has 2 atom stereocenters. The van der Waals surface area contributed by atoms with E-state index < -0.39 is 5.60 Å². The maximum absolute atomic E-state index is 12.4. The Bertz CT molecular complexity index is 813. The van der Waals surface area contributed by atoms with Crippen molar-refractivity contribution in [3.63, 3.8) is 0 Å². The SMILES string of the molecule is CC1CN(c2ccc(CNC3=NCC4CN(C(=O)OC(C)(C)C)CCN34)cn2)CCO1.I. The van der Waals surface area contributed by atoms with E-state index in [0.29, 0.717) is 26.2 Å². The number of aliphatic imine (C=N–C) groups is 1. The molecule has 10 heteroatoms. The van der Waals surface area contributed by atoms with E-state index in [0.717, 1.165) is 43.6 Å². The number of rotatable bonds is 3. The largest absolute Gasteiger partial charge is 0.444 e. The molecule has 4 rings (SSSR count). The van der Waals surface area contributed by atoms with Gasteiger partial charge in [0, 0.05) is 45.5 Å². The summed E-state index contributed by atoms with van der Waals surface area (Å²) >= 11 is 0. The number of aromatic nitrogens is 1. The second kappa shape index (κ2) is 10.4. The lowest BCUT2D eigenvalue weighted by Gasteiger charge is -2.39. The van der Waals surface area contributed by atoms with Crippen molar-refractivity contribution in [2.24, 2.45) is 4.99 Å². The molecule has 4 heterocycles. The molecule has 0 radical (unpaired) electrons. The Morgan fingerprint density at radius 3 is 2.75 bits per heavy atom. The number of carbonyl (C=O) groups excluding carboxylic acids is 1. The minimum absolute atomic E-state index is 0. The van der Waals surface area contributed by atoms with E-state index in [4.69, 9.17) is 9.47 Å². The van der Waals surface area contributed by atoms with Gasteiger partial charge in [-0.15, -0.1) is 24.0 Å². The van der Waals surface area contributed by atoms with Gasteiger partial charge in [0.05, 0.1) is 25.3 Å². The third-order valence-electron chi connectivity index (χ3n) is 5.68. The maximum Gasteiger partial charge on any atom is 0.410 e. The molecule has 1 aromatic rings. The van der Waals surface area contributed by atoms with Gasteiger partial charge in [-0.05, 0) is 39.3 Å². The first kappa shape index (κ1) is 24.8. The molecule has 0 aliphatic carbocycles. The van der Waals surface area contributed by atoms with Crippen LogP contribution in [0.3, 0.4) is 0 Å². The average Bonchev–Trinajstić information content (AvgIpc) is 3.14. The fourth-order valence-electron chi connectivity index (χ4n) is 4.14. The normalized spacial score (nSPS) is 23.2. The lowest BCUT2D eigenvalue weighted by molar-refractivity contribution is 0.0137. The summed E-state index contributed by atoms with van der Waals surface area (Å²) in [6.07, 6.45) is 1.92. The molecule has 0 aromatic carbocycles. The molecule has 1 N–H and O–H groups in total. The number of nitrogens with one attached hydrogen (secondary N) is 1. The average molecular weight is 558 g/mol. The monoisotopic (exact) mass is 558 g/mol. The van der Waals surface area contributed by atoms with Gasteiger partial charge in [0.2, 0.25) is 0 Å². The van der Waals surface area contributed by atoms with Crippen molar-refractivity contribution in [3.05, 3.63) is 23.9 Å². The fraction of sp³-hybridized carbons (Fsp3) is 0.682. The number of hydrogen-bond donors (Lipinski definition) is 1. The van der Waals surface area contributed by atoms with E-state index in [9.17, 15) is 4.79 Å². The van der Waals surface area contributed by atoms with Crippen LogP contribution in [-0.2, 0) is 16.0 Å². The van der Waals surface area contributed by atoms with E-state index >= 15 is 0 Å². The molecule has 178 valence electrons. The molecule has 0 bridgehead atoms. The van der Waals surface area contributed by atoms with Gasteiger partial charge in [-0.3, -0.25) is 4.99 Å². The Hall–Kier alpha value is -1.82. The Morgan fingerprint density at radius 2 is 2.06 bits per heavy atom. The molecule has 32 heavy (non-hydrogen) atoms. The molecule has 0 spiro atoms. The number of fused-ring (bicyclic) bond motifs is 1. The van der Waals surface area contributed by atoms with Gasteiger partial charge >= 0.3 is 6.09 Å². The van der Waals surface area contributed by atoms with Crippen molar-refractivity contribution in [3.8, 4) is 0 Å². The first-order valence-corrected chi connectivity index (χ1v) is 11.1. The van der Waals surface area contributed by atoms with Gasteiger partial charge in [-0.25, -0.2) is 9.78 Å². The zero-order valence-electron chi connectivity index (χ0n) is 19.4. The summed E-state index contributed by atoms with van der Waals surface area (Å²) in [6.45, 7) is 13.7. The highest BCUT2D eigenvalue weighted by Crippen LogP contribution is 2.19. The summed E-state index contributed by atoms with van der Waals surface area (Å²) in [4.78, 5) is 28.0. The minimum Gasteiger partial charge on any atom is -0.444 e. The van der Waals surface area contributed by atoms with E-state index in [1.54, 1.807) is 4.90 Å². The van der Waals surface area contributed by atoms with Crippen molar-refractivity contribution < 1.29 is 14.3 Å². The molecule has 3 aliphatic heterocycles. The fourth-order valence-corrected chi connectivity index (χ4v) is 4.14. The highest BCUT2D eigenvalue weighted by atomic mass is 127. The first-order valence-electron chi connectivity index (χ1n) is 11.1. The second-order valence-corrected chi connectivity index (χ2v) is 9.44. The predicted octanol–water partition coefficient (Wildman–Crippen LogP) is 2.31. The van der Waals surface area contributed by atoms with Crippen LogP contribution in [0, 0.1) is 0 Å². The number of halogens is 1. The number of pyridine rings is 1. The van der Waals surface area contributed by atoms with Crippen molar-refractivity contribution in [2.45, 2.75) is 52.0 Å². The molecule has 2 unspecified atom stereocenters. The van der Waals surface area contributed by atoms with E-state index in [1.807, 2.05) is 27.0 Å². The lowest BCUT2D eigenvalue weighted by atomic mass is 10.2. The first-order chi connectivity index (χ1) is 14.8. The van der Waals surface area contributed by atoms with Crippen molar-refractivity contribution in [2.75, 3.05) is 50.8 Å². The number of nitrogens with zero attached hydrogens (tertiary/aromatic N) is 5. The Morgan fingerprint density at radius 1 is 1.25 bits per heavy atom. The summed E-state index contributed by atoms with van der Waals surface area (Å²) in [5.41, 5.74) is 0.639. The van der Waals surface area contributed by atoms with Crippen LogP contribution < -0.4 is 10.2 Å². The van der Waals surface area contributed by atoms with Gasteiger partial charge < -0.3 is 29.5 Å². The number of piperazine rings is 1. The number of ether oxygens (including phenoxy) is 2. The summed E-state index contributed by atoms with van der Waals surface area (Å²) in [6, 6.07) is 4.39. The predicted molar refractivity (Wildman–Crippen MR) is 135 cm³/mol. The summed E-state index contributed by atoms with van der Waals surface area (Å²) < 4.78 is 11.1. The standard InChI is InChI=1S/C22H34N6O3.HI/c1-16-14-26(9-10-30-16)19-6-5-17(11-23-19)12-24-20-25-13-18-15-27(7-8-28(18)20)21(29)31-22(2,3)4;/h5-6,11,16,18H,7-10,12-15H2,1-4H3,(H,24,25);1H. The van der Waals surface area contributed by atoms with Crippen LogP contribution in [-0.4, -0.2) is 90.5 Å². The highest BCUT2D eigenvalue weighted by molar-refractivity contribution is 14.0. The van der Waals surface area contributed by atoms with Crippen LogP contribution in [0.4, 0.5) is 10.6 Å². The van der Waals surface area contributed by atoms with Crippen LogP contribution in [0.25, 0.3) is 0 Å². The van der Waals surface area contributed by atoms with Gasteiger partial charge in [-0.1, -0.05) is 6.07 Å². The molecule has 3 aliphatic rings. The number of morpholine rings is 1. The van der Waals surface area contributed by atoms with Crippen LogP contribution >= 0.6 is 24.0 Å². The highest BCUT2D eigenvalue weighted by Gasteiger charge is 2.36. The summed E-state index contributed by atoms with van der Waals surface area (Å²) in [7, 11) is 0. The molecule has 2 fully saturated rings. The Kier molecular flexibility index (Phi) is 8.07. The summed E-state index contributed by atoms with van der Waals surface area (Å²) in [5.74, 6) is 1.90. The quantitative estimate of drug-likeness (QED) is 0.571. The lowest BCUT2D eigenvalue weighted by Crippen LogP contribution is -2.57. The third kappa shape index (κ3) is 6.15. The zero-order chi connectivity index (χ0) is 22.0. The molecule has 9 nitrogen and oxygen atoms in total. The van der Waals surface area contributed by atoms with Crippen LogP contribution in [0.15, 0.2) is 23.3 Å². The number of amides is 1. The molecular weight excluding hydrogens is 523 g/mol. The minimum atomic E-state index is -0.475. The molecule has 0 saturated carbocycles. The van der Waals surface area contributed by atoms with Crippen LogP contribution in [0.1, 0.15) is 33.3 Å². The number of guanidine groups is 1. The van der Waals surface area contributed by atoms with E-state index in [-0.39, 0.29) is 42.2 Å². The Balaban J connectivity index is 0.00000289. The van der Waals surface area contributed by atoms with Gasteiger partial charge in [0.15, 0.2) is 5.96 Å². The van der Waals surface area contributed by atoms with Gasteiger partial charge in [0.25, 0.3) is 0 Å². The number of hydrogen-bond acceptors (Lipinski definition) is 8. The van der Waals surface area contributed by atoms with Crippen LogP contribution in [0.2, 0.25) is 0 Å². The number of anilines is 1. The van der Waals surface area contributed by atoms with E-state index in [1.165, 1.54) is 0 Å². The Labute approximate surface area is 207 Å². The molecule has 1 amide bonds. The van der Waals surface area contributed by atoms with E-state index in [2.05, 4.69) is 44.1 Å². The van der Waals surface area contributed by atoms with Crippen molar-refractivity contribution in [1.82, 2.24) is 20.1 Å². The molecule has 2 saturated heterocycles. The van der Waals surface area contributed by atoms with Crippen molar-refractivity contribution >= 4 is 41.8 Å². The van der Waals surface area contributed by atoms with Crippen LogP contribution in [0.5, 0.6) is 0 Å².